The molecule has 1 saturated carbocycles. The maximum absolute atomic E-state index is 12.0. The summed E-state index contributed by atoms with van der Waals surface area (Å²) in [6.07, 6.45) is 4.30. The summed E-state index contributed by atoms with van der Waals surface area (Å²) in [5.74, 6) is -0.000726. The highest BCUT2D eigenvalue weighted by atomic mass is 32.2. The van der Waals surface area contributed by atoms with E-state index in [9.17, 15) is 18.0 Å². The molecule has 1 aromatic carbocycles. The molecule has 3 atom stereocenters. The zero-order valence-corrected chi connectivity index (χ0v) is 15.6. The highest BCUT2D eigenvalue weighted by Gasteiger charge is 2.28. The summed E-state index contributed by atoms with van der Waals surface area (Å²) in [5, 5.41) is 2.94. The van der Waals surface area contributed by atoms with Gasteiger partial charge in [0.25, 0.3) is 5.91 Å². The molecule has 0 aliphatic heterocycles. The first-order chi connectivity index (χ1) is 11.7. The Morgan fingerprint density at radius 1 is 1.16 bits per heavy atom. The summed E-state index contributed by atoms with van der Waals surface area (Å²) in [7, 11) is -3.31. The van der Waals surface area contributed by atoms with E-state index in [1.807, 2.05) is 0 Å². The van der Waals surface area contributed by atoms with Gasteiger partial charge in [-0.2, -0.15) is 0 Å². The number of rotatable bonds is 5. The van der Waals surface area contributed by atoms with Crippen LogP contribution in [0.1, 0.15) is 43.5 Å². The minimum absolute atomic E-state index is 0.115. The van der Waals surface area contributed by atoms with E-state index in [0.717, 1.165) is 19.1 Å². The third kappa shape index (κ3) is 5.29. The average Bonchev–Trinajstić information content (AvgIpc) is 2.56. The summed E-state index contributed by atoms with van der Waals surface area (Å²) in [6, 6.07) is 5.56. The molecule has 1 aromatic rings. The Kier molecular flexibility index (Phi) is 6.21. The van der Waals surface area contributed by atoms with Crippen LogP contribution in [0.2, 0.25) is 0 Å². The highest BCUT2D eigenvalue weighted by molar-refractivity contribution is 7.90. The van der Waals surface area contributed by atoms with Crippen LogP contribution in [0.25, 0.3) is 0 Å². The van der Waals surface area contributed by atoms with E-state index >= 15 is 0 Å². The third-order valence-electron chi connectivity index (χ3n) is 4.91. The lowest BCUT2D eigenvalue weighted by atomic mass is 9.78. The van der Waals surface area contributed by atoms with Gasteiger partial charge in [0.05, 0.1) is 10.5 Å². The predicted octanol–water partition coefficient (Wildman–Crippen LogP) is 2.19. The van der Waals surface area contributed by atoms with Crippen molar-refractivity contribution in [2.75, 3.05) is 12.9 Å². The minimum Gasteiger partial charge on any atom is -0.452 e. The fraction of sp³-hybridized carbons (Fsp3) is 0.556. The molecule has 0 heterocycles. The molecule has 0 radical (unpaired) electrons. The van der Waals surface area contributed by atoms with Crippen LogP contribution < -0.4 is 5.32 Å². The van der Waals surface area contributed by atoms with Gasteiger partial charge in [0.2, 0.25) is 0 Å². The fourth-order valence-corrected chi connectivity index (χ4v) is 3.72. The Morgan fingerprint density at radius 2 is 1.80 bits per heavy atom. The number of sulfone groups is 1. The summed E-state index contributed by atoms with van der Waals surface area (Å²) >= 11 is 0. The molecule has 1 amide bonds. The van der Waals surface area contributed by atoms with Crippen LogP contribution in [-0.2, 0) is 19.4 Å². The number of benzene rings is 1. The molecule has 0 aromatic heterocycles. The van der Waals surface area contributed by atoms with Gasteiger partial charge in [-0.3, -0.25) is 4.79 Å². The van der Waals surface area contributed by atoms with E-state index in [-0.39, 0.29) is 29.0 Å². The van der Waals surface area contributed by atoms with E-state index in [2.05, 4.69) is 19.2 Å². The Hall–Kier alpha value is -1.89. The van der Waals surface area contributed by atoms with Gasteiger partial charge in [-0.25, -0.2) is 13.2 Å². The molecular weight excluding hydrogens is 342 g/mol. The second-order valence-corrected chi connectivity index (χ2v) is 8.83. The van der Waals surface area contributed by atoms with Crippen LogP contribution in [0.5, 0.6) is 0 Å². The van der Waals surface area contributed by atoms with Crippen molar-refractivity contribution >= 4 is 21.7 Å². The fourth-order valence-electron chi connectivity index (χ4n) is 3.09. The number of ether oxygens (including phenoxy) is 1. The van der Waals surface area contributed by atoms with Gasteiger partial charge in [-0.1, -0.05) is 26.7 Å². The zero-order chi connectivity index (χ0) is 18.6. The highest BCUT2D eigenvalue weighted by Crippen LogP contribution is 2.29. The van der Waals surface area contributed by atoms with Crippen LogP contribution in [-0.4, -0.2) is 39.2 Å². The molecule has 6 nitrogen and oxygen atoms in total. The first-order valence-electron chi connectivity index (χ1n) is 8.45. The Labute approximate surface area is 148 Å². The third-order valence-corrected chi connectivity index (χ3v) is 6.03. The van der Waals surface area contributed by atoms with Crippen LogP contribution in [0.4, 0.5) is 0 Å². The lowest BCUT2D eigenvalue weighted by Crippen LogP contribution is -2.45. The average molecular weight is 367 g/mol. The van der Waals surface area contributed by atoms with Gasteiger partial charge >= 0.3 is 5.97 Å². The van der Waals surface area contributed by atoms with Crippen molar-refractivity contribution in [1.82, 2.24) is 5.32 Å². The molecule has 0 saturated heterocycles. The van der Waals surface area contributed by atoms with Crippen LogP contribution >= 0.6 is 0 Å². The van der Waals surface area contributed by atoms with Crippen molar-refractivity contribution in [3.05, 3.63) is 29.8 Å². The van der Waals surface area contributed by atoms with Gasteiger partial charge < -0.3 is 10.1 Å². The summed E-state index contributed by atoms with van der Waals surface area (Å²) in [6.45, 7) is 3.97. The number of amides is 1. The van der Waals surface area contributed by atoms with Crippen molar-refractivity contribution in [2.45, 2.75) is 44.0 Å². The van der Waals surface area contributed by atoms with Crippen LogP contribution in [0.3, 0.4) is 0 Å². The first-order valence-corrected chi connectivity index (χ1v) is 10.3. The van der Waals surface area contributed by atoms with E-state index in [4.69, 9.17) is 4.74 Å². The van der Waals surface area contributed by atoms with Gasteiger partial charge in [-0.05, 0) is 42.5 Å². The van der Waals surface area contributed by atoms with E-state index in [1.165, 1.54) is 30.7 Å². The van der Waals surface area contributed by atoms with Gasteiger partial charge in [0.15, 0.2) is 16.4 Å². The van der Waals surface area contributed by atoms with E-state index in [0.29, 0.717) is 11.8 Å². The number of carbonyl (C=O) groups excluding carboxylic acids is 2. The normalized spacial score (nSPS) is 23.7. The topological polar surface area (TPSA) is 89.5 Å². The zero-order valence-electron chi connectivity index (χ0n) is 14.8. The Balaban J connectivity index is 1.86. The molecule has 1 N–H and O–H groups in total. The summed E-state index contributed by atoms with van der Waals surface area (Å²) in [4.78, 5) is 24.1. The number of carbonyl (C=O) groups is 2. The minimum atomic E-state index is -3.31. The molecule has 1 aliphatic rings. The number of hydrogen-bond acceptors (Lipinski definition) is 5. The largest absolute Gasteiger partial charge is 0.452 e. The number of esters is 1. The van der Waals surface area contributed by atoms with E-state index < -0.39 is 15.8 Å². The number of nitrogens with one attached hydrogen (secondary N) is 1. The second-order valence-electron chi connectivity index (χ2n) is 6.81. The van der Waals surface area contributed by atoms with Crippen molar-refractivity contribution in [3.8, 4) is 0 Å². The second kappa shape index (κ2) is 7.99. The molecule has 0 unspecified atom stereocenters. The van der Waals surface area contributed by atoms with Gasteiger partial charge in [0.1, 0.15) is 0 Å². The van der Waals surface area contributed by atoms with Crippen molar-refractivity contribution in [1.29, 1.82) is 0 Å². The lowest BCUT2D eigenvalue weighted by Gasteiger charge is -2.34. The molecule has 1 fully saturated rings. The van der Waals surface area contributed by atoms with Gasteiger partial charge in [-0.15, -0.1) is 0 Å². The molecule has 2 rings (SSSR count). The smallest absolute Gasteiger partial charge is 0.338 e. The van der Waals surface area contributed by atoms with Crippen molar-refractivity contribution < 1.29 is 22.7 Å². The van der Waals surface area contributed by atoms with Crippen molar-refractivity contribution in [2.24, 2.45) is 11.8 Å². The van der Waals surface area contributed by atoms with Gasteiger partial charge in [0, 0.05) is 12.3 Å². The molecule has 7 heteroatoms. The standard InChI is InChI=1S/C18H25NO5S/c1-12-5-4-6-16(13(12)2)19-17(20)11-24-18(21)14-7-9-15(10-8-14)25(3,22)23/h7-10,12-13,16H,4-6,11H2,1-3H3,(H,19,20)/t12-,13-,16-/m1/s1. The molecular formula is C18H25NO5S. The molecule has 25 heavy (non-hydrogen) atoms. The van der Waals surface area contributed by atoms with E-state index in [1.54, 1.807) is 0 Å². The van der Waals surface area contributed by atoms with Crippen molar-refractivity contribution in [3.63, 3.8) is 0 Å². The molecule has 0 spiro atoms. The Morgan fingerprint density at radius 3 is 2.40 bits per heavy atom. The molecule has 0 bridgehead atoms. The molecule has 138 valence electrons. The van der Waals surface area contributed by atoms with Crippen LogP contribution in [0, 0.1) is 11.8 Å². The monoisotopic (exact) mass is 367 g/mol. The first kappa shape index (κ1) is 19.4. The maximum Gasteiger partial charge on any atom is 0.338 e. The molecule has 1 aliphatic carbocycles. The SMILES string of the molecule is C[C@@H]1[C@H](C)CCC[C@H]1NC(=O)COC(=O)c1ccc(S(C)(=O)=O)cc1. The summed E-state index contributed by atoms with van der Waals surface area (Å²) in [5.41, 5.74) is 0.208. The Bertz CT molecular complexity index is 726. The maximum atomic E-state index is 12.0. The predicted molar refractivity (Wildman–Crippen MR) is 93.9 cm³/mol. The quantitative estimate of drug-likeness (QED) is 0.806. The van der Waals surface area contributed by atoms with Crippen LogP contribution in [0.15, 0.2) is 29.2 Å². The lowest BCUT2D eigenvalue weighted by molar-refractivity contribution is -0.125. The summed E-state index contributed by atoms with van der Waals surface area (Å²) < 4.78 is 27.8. The number of hydrogen-bond donors (Lipinski definition) is 1.